The highest BCUT2D eigenvalue weighted by molar-refractivity contribution is 5.69. The van der Waals surface area contributed by atoms with E-state index in [0.717, 1.165) is 19.3 Å². The Bertz CT molecular complexity index is 213. The number of hydrogen-bond donors (Lipinski definition) is 1. The summed E-state index contributed by atoms with van der Waals surface area (Å²) >= 11 is 0. The van der Waals surface area contributed by atoms with E-state index in [9.17, 15) is 4.79 Å². The van der Waals surface area contributed by atoms with E-state index >= 15 is 0 Å². The second kappa shape index (κ2) is 5.81. The SMILES string of the molecule is COC(=O)CC(CN)C1CC=CCC1. The van der Waals surface area contributed by atoms with Gasteiger partial charge >= 0.3 is 5.97 Å². The summed E-state index contributed by atoms with van der Waals surface area (Å²) in [4.78, 5) is 11.1. The van der Waals surface area contributed by atoms with E-state index in [2.05, 4.69) is 16.9 Å². The Balaban J connectivity index is 2.44. The molecule has 0 saturated carbocycles. The molecule has 0 heterocycles. The van der Waals surface area contributed by atoms with E-state index in [0.29, 0.717) is 18.9 Å². The van der Waals surface area contributed by atoms with Crippen LogP contribution in [-0.2, 0) is 9.53 Å². The van der Waals surface area contributed by atoms with Crippen molar-refractivity contribution in [3.63, 3.8) is 0 Å². The largest absolute Gasteiger partial charge is 0.469 e. The topological polar surface area (TPSA) is 52.3 Å². The molecule has 0 spiro atoms. The van der Waals surface area contributed by atoms with Crippen LogP contribution in [0.15, 0.2) is 12.2 Å². The van der Waals surface area contributed by atoms with Crippen molar-refractivity contribution in [1.82, 2.24) is 0 Å². The maximum atomic E-state index is 11.1. The van der Waals surface area contributed by atoms with E-state index < -0.39 is 0 Å². The Hall–Kier alpha value is -0.830. The highest BCUT2D eigenvalue weighted by Crippen LogP contribution is 2.27. The average Bonchev–Trinajstić information content (AvgIpc) is 2.26. The summed E-state index contributed by atoms with van der Waals surface area (Å²) in [5, 5.41) is 0. The lowest BCUT2D eigenvalue weighted by molar-refractivity contribution is -0.142. The standard InChI is InChI=1S/C11H19NO2/c1-14-11(13)7-10(8-12)9-5-3-2-4-6-9/h2-3,9-10H,4-8,12H2,1H3. The first-order valence-corrected chi connectivity index (χ1v) is 5.19. The van der Waals surface area contributed by atoms with Crippen LogP contribution in [-0.4, -0.2) is 19.6 Å². The maximum absolute atomic E-state index is 11.1. The molecule has 0 radical (unpaired) electrons. The smallest absolute Gasteiger partial charge is 0.305 e. The summed E-state index contributed by atoms with van der Waals surface area (Å²) in [6, 6.07) is 0. The molecule has 0 amide bonds. The number of carbonyl (C=O) groups excluding carboxylic acids is 1. The molecular weight excluding hydrogens is 178 g/mol. The van der Waals surface area contributed by atoms with E-state index in [-0.39, 0.29) is 11.9 Å². The first kappa shape index (κ1) is 11.2. The lowest BCUT2D eigenvalue weighted by atomic mass is 9.81. The molecule has 3 nitrogen and oxygen atoms in total. The van der Waals surface area contributed by atoms with Crippen molar-refractivity contribution < 1.29 is 9.53 Å². The second-order valence-corrected chi connectivity index (χ2v) is 3.82. The zero-order valence-corrected chi connectivity index (χ0v) is 8.74. The third kappa shape index (κ3) is 3.14. The highest BCUT2D eigenvalue weighted by Gasteiger charge is 2.23. The summed E-state index contributed by atoms with van der Waals surface area (Å²) < 4.78 is 4.66. The summed E-state index contributed by atoms with van der Waals surface area (Å²) in [6.07, 6.45) is 8.17. The zero-order valence-electron chi connectivity index (χ0n) is 8.74. The predicted octanol–water partition coefficient (Wildman–Crippen LogP) is 1.48. The lowest BCUT2D eigenvalue weighted by Crippen LogP contribution is -2.27. The number of methoxy groups -OCH3 is 1. The van der Waals surface area contributed by atoms with E-state index in [1.807, 2.05) is 0 Å². The average molecular weight is 197 g/mol. The molecule has 0 fully saturated rings. The van der Waals surface area contributed by atoms with Gasteiger partial charge in [-0.15, -0.1) is 0 Å². The second-order valence-electron chi connectivity index (χ2n) is 3.82. The van der Waals surface area contributed by atoms with Crippen molar-refractivity contribution in [3.8, 4) is 0 Å². The van der Waals surface area contributed by atoms with Gasteiger partial charge in [-0.05, 0) is 37.6 Å². The number of ether oxygens (including phenoxy) is 1. The molecule has 0 saturated heterocycles. The van der Waals surface area contributed by atoms with Crippen molar-refractivity contribution >= 4 is 5.97 Å². The fourth-order valence-electron chi connectivity index (χ4n) is 1.99. The van der Waals surface area contributed by atoms with Crippen LogP contribution in [0.5, 0.6) is 0 Å². The van der Waals surface area contributed by atoms with Gasteiger partial charge in [0, 0.05) is 6.42 Å². The molecule has 0 aromatic carbocycles. The minimum absolute atomic E-state index is 0.144. The Morgan fingerprint density at radius 2 is 2.43 bits per heavy atom. The normalized spacial score (nSPS) is 23.1. The van der Waals surface area contributed by atoms with Crippen LogP contribution in [0.4, 0.5) is 0 Å². The fourth-order valence-corrected chi connectivity index (χ4v) is 1.99. The fraction of sp³-hybridized carbons (Fsp3) is 0.727. The highest BCUT2D eigenvalue weighted by atomic mass is 16.5. The Kier molecular flexibility index (Phi) is 4.66. The Labute approximate surface area is 85.3 Å². The molecule has 2 atom stereocenters. The van der Waals surface area contributed by atoms with Gasteiger partial charge in [0.25, 0.3) is 0 Å². The predicted molar refractivity (Wildman–Crippen MR) is 55.7 cm³/mol. The Morgan fingerprint density at radius 3 is 2.93 bits per heavy atom. The van der Waals surface area contributed by atoms with Crippen LogP contribution < -0.4 is 5.73 Å². The maximum Gasteiger partial charge on any atom is 0.305 e. The van der Waals surface area contributed by atoms with Gasteiger partial charge in [-0.2, -0.15) is 0 Å². The van der Waals surface area contributed by atoms with Crippen LogP contribution in [0, 0.1) is 11.8 Å². The van der Waals surface area contributed by atoms with Crippen LogP contribution in [0.1, 0.15) is 25.7 Å². The van der Waals surface area contributed by atoms with E-state index in [1.54, 1.807) is 0 Å². The monoisotopic (exact) mass is 197 g/mol. The van der Waals surface area contributed by atoms with Crippen LogP contribution in [0.3, 0.4) is 0 Å². The minimum atomic E-state index is -0.144. The van der Waals surface area contributed by atoms with Gasteiger partial charge in [0.2, 0.25) is 0 Å². The molecule has 0 aromatic heterocycles. The van der Waals surface area contributed by atoms with Crippen molar-refractivity contribution in [2.24, 2.45) is 17.6 Å². The van der Waals surface area contributed by atoms with E-state index in [1.165, 1.54) is 7.11 Å². The molecule has 2 N–H and O–H groups in total. The third-order valence-corrected chi connectivity index (χ3v) is 2.94. The van der Waals surface area contributed by atoms with E-state index in [4.69, 9.17) is 5.73 Å². The molecule has 2 unspecified atom stereocenters. The molecule has 1 rings (SSSR count). The number of nitrogens with two attached hydrogens (primary N) is 1. The summed E-state index contributed by atoms with van der Waals surface area (Å²) in [5.41, 5.74) is 5.67. The van der Waals surface area contributed by atoms with Crippen LogP contribution >= 0.6 is 0 Å². The van der Waals surface area contributed by atoms with Gasteiger partial charge in [-0.1, -0.05) is 12.2 Å². The number of allylic oxidation sites excluding steroid dienone is 2. The molecule has 80 valence electrons. The zero-order chi connectivity index (χ0) is 10.4. The molecule has 0 aromatic rings. The Morgan fingerprint density at radius 1 is 1.64 bits per heavy atom. The van der Waals surface area contributed by atoms with Crippen LogP contribution in [0.2, 0.25) is 0 Å². The minimum Gasteiger partial charge on any atom is -0.469 e. The number of esters is 1. The van der Waals surface area contributed by atoms with Crippen molar-refractivity contribution in [2.45, 2.75) is 25.7 Å². The molecular formula is C11H19NO2. The number of carbonyl (C=O) groups is 1. The van der Waals surface area contributed by atoms with Gasteiger partial charge in [0.15, 0.2) is 0 Å². The summed E-state index contributed by atoms with van der Waals surface area (Å²) in [6.45, 7) is 0.577. The van der Waals surface area contributed by atoms with Crippen molar-refractivity contribution in [3.05, 3.63) is 12.2 Å². The summed E-state index contributed by atoms with van der Waals surface area (Å²) in [7, 11) is 1.43. The molecule has 1 aliphatic carbocycles. The van der Waals surface area contributed by atoms with Gasteiger partial charge in [-0.25, -0.2) is 0 Å². The van der Waals surface area contributed by atoms with Gasteiger partial charge in [-0.3, -0.25) is 4.79 Å². The molecule has 0 bridgehead atoms. The van der Waals surface area contributed by atoms with Gasteiger partial charge in [0.1, 0.15) is 0 Å². The van der Waals surface area contributed by atoms with Gasteiger partial charge < -0.3 is 10.5 Å². The first-order chi connectivity index (χ1) is 6.77. The third-order valence-electron chi connectivity index (χ3n) is 2.94. The van der Waals surface area contributed by atoms with Gasteiger partial charge in [0.05, 0.1) is 7.11 Å². The van der Waals surface area contributed by atoms with Crippen molar-refractivity contribution in [1.29, 1.82) is 0 Å². The summed E-state index contributed by atoms with van der Waals surface area (Å²) in [5.74, 6) is 0.700. The van der Waals surface area contributed by atoms with Crippen molar-refractivity contribution in [2.75, 3.05) is 13.7 Å². The lowest BCUT2D eigenvalue weighted by Gasteiger charge is -2.25. The first-order valence-electron chi connectivity index (χ1n) is 5.19. The quantitative estimate of drug-likeness (QED) is 0.548. The molecule has 0 aliphatic heterocycles. The molecule has 3 heteroatoms. The number of hydrogen-bond acceptors (Lipinski definition) is 3. The number of rotatable bonds is 4. The molecule has 1 aliphatic rings. The molecule has 14 heavy (non-hydrogen) atoms. The van der Waals surface area contributed by atoms with Crippen LogP contribution in [0.25, 0.3) is 0 Å².